The predicted molar refractivity (Wildman–Crippen MR) is 155 cm³/mol. The van der Waals surface area contributed by atoms with Crippen molar-refractivity contribution in [1.82, 2.24) is 10.6 Å². The van der Waals surface area contributed by atoms with Crippen molar-refractivity contribution in [3.8, 4) is 0 Å². The number of hydrogen-bond donors (Lipinski definition) is 4. The largest absolute Gasteiger partial charge is 0.390 e. The Balaban J connectivity index is 1.82. The molecule has 0 bridgehead atoms. The van der Waals surface area contributed by atoms with Gasteiger partial charge in [-0.15, -0.1) is 0 Å². The minimum atomic E-state index is -3.43. The summed E-state index contributed by atoms with van der Waals surface area (Å²) >= 11 is 0. The molecular formula is C29H44N4O4S. The number of amides is 1. The molecule has 1 heterocycles. The molecule has 0 aromatic heterocycles. The molecule has 2 aromatic carbocycles. The van der Waals surface area contributed by atoms with Crippen LogP contribution in [0.2, 0.25) is 0 Å². The van der Waals surface area contributed by atoms with E-state index in [1.807, 2.05) is 37.3 Å². The first-order chi connectivity index (χ1) is 18.0. The lowest BCUT2D eigenvalue weighted by Gasteiger charge is -2.29. The average Bonchev–Trinajstić information content (AvgIpc) is 2.86. The number of benzene rings is 2. The molecule has 0 unspecified atom stereocenters. The summed E-state index contributed by atoms with van der Waals surface area (Å²) in [5, 5.41) is 20.7. The second kappa shape index (κ2) is 13.4. The second-order valence-corrected chi connectivity index (χ2v) is 13.3. The van der Waals surface area contributed by atoms with Gasteiger partial charge in [0, 0.05) is 30.9 Å². The Hall–Kier alpha value is -2.62. The number of sulfonamides is 1. The van der Waals surface area contributed by atoms with E-state index >= 15 is 0 Å². The maximum absolute atomic E-state index is 13.5. The molecule has 1 aliphatic heterocycles. The predicted octanol–water partition coefficient (Wildman–Crippen LogP) is 3.78. The van der Waals surface area contributed by atoms with Crippen molar-refractivity contribution in [2.75, 3.05) is 41.6 Å². The van der Waals surface area contributed by atoms with E-state index < -0.39 is 22.2 Å². The monoisotopic (exact) mass is 544 g/mol. The number of hydrogen-bond acceptors (Lipinski definition) is 6. The van der Waals surface area contributed by atoms with Crippen molar-refractivity contribution in [1.29, 1.82) is 0 Å². The number of carbonyl (C=O) groups excluding carboxylic acids is 1. The van der Waals surface area contributed by atoms with Crippen LogP contribution in [0.4, 0.5) is 11.4 Å². The summed E-state index contributed by atoms with van der Waals surface area (Å²) in [6, 6.07) is 14.4. The van der Waals surface area contributed by atoms with E-state index in [4.69, 9.17) is 0 Å². The van der Waals surface area contributed by atoms with Gasteiger partial charge in [-0.2, -0.15) is 0 Å². The summed E-state index contributed by atoms with van der Waals surface area (Å²) in [5.41, 5.74) is 2.71. The fourth-order valence-electron chi connectivity index (χ4n) is 4.53. The van der Waals surface area contributed by atoms with E-state index in [-0.39, 0.29) is 17.1 Å². The molecule has 1 aliphatic rings. The van der Waals surface area contributed by atoms with E-state index in [0.717, 1.165) is 24.9 Å². The van der Waals surface area contributed by atoms with Gasteiger partial charge in [0.15, 0.2) is 0 Å². The maximum Gasteiger partial charge on any atom is 0.251 e. The Morgan fingerprint density at radius 3 is 2.50 bits per heavy atom. The van der Waals surface area contributed by atoms with E-state index in [1.165, 1.54) is 4.31 Å². The molecule has 8 nitrogen and oxygen atoms in total. The molecular weight excluding hydrogens is 500 g/mol. The number of nitrogens with one attached hydrogen (secondary N) is 3. The van der Waals surface area contributed by atoms with Crippen LogP contribution in [0, 0.1) is 5.41 Å². The Labute approximate surface area is 228 Å². The van der Waals surface area contributed by atoms with Crippen LogP contribution in [-0.4, -0.2) is 63.5 Å². The fraction of sp³-hybridized carbons (Fsp3) is 0.552. The highest BCUT2D eigenvalue weighted by Gasteiger charge is 2.28. The van der Waals surface area contributed by atoms with Crippen LogP contribution in [0.1, 0.15) is 62.9 Å². The minimum Gasteiger partial charge on any atom is -0.390 e. The zero-order chi connectivity index (χ0) is 27.8. The molecule has 1 amide bonds. The maximum atomic E-state index is 13.5. The van der Waals surface area contributed by atoms with Gasteiger partial charge in [-0.05, 0) is 68.3 Å². The number of anilines is 2. The molecule has 4 N–H and O–H groups in total. The summed E-state index contributed by atoms with van der Waals surface area (Å²) in [6.07, 6.45) is 2.05. The number of aliphatic hydroxyl groups is 1. The van der Waals surface area contributed by atoms with Crippen molar-refractivity contribution >= 4 is 27.3 Å². The standard InChI is InChI=1S/C29H44N4O4S/c1-5-31-24-18-23(19-25(20-24)33-15-9-10-16-38(33,36)37)28(35)32-26(17-22-11-7-6-8-12-22)27(34)21-30-14-13-29(2,3)4/h6-8,11-12,18-20,26-27,30-31,34H,5,9-10,13-17,21H2,1-4H3,(H,32,35)/t26-,27+/m0/s1. The molecule has 38 heavy (non-hydrogen) atoms. The summed E-state index contributed by atoms with van der Waals surface area (Å²) in [6.45, 7) is 10.6. The number of rotatable bonds is 12. The number of aliphatic hydroxyl groups excluding tert-OH is 1. The SMILES string of the molecule is CCNc1cc(C(=O)N[C@@H](Cc2ccccc2)[C@H](O)CNCCC(C)(C)C)cc(N2CCCCS2(=O)=O)c1. The fourth-order valence-corrected chi connectivity index (χ4v) is 6.15. The summed E-state index contributed by atoms with van der Waals surface area (Å²) in [4.78, 5) is 13.5. The first-order valence-electron chi connectivity index (χ1n) is 13.6. The lowest BCUT2D eigenvalue weighted by atomic mass is 9.92. The zero-order valence-electron chi connectivity index (χ0n) is 23.2. The Morgan fingerprint density at radius 1 is 1.11 bits per heavy atom. The van der Waals surface area contributed by atoms with Crippen LogP contribution in [0.15, 0.2) is 48.5 Å². The van der Waals surface area contributed by atoms with Crippen molar-refractivity contribution in [3.63, 3.8) is 0 Å². The van der Waals surface area contributed by atoms with Gasteiger partial charge in [-0.3, -0.25) is 9.10 Å². The van der Waals surface area contributed by atoms with Gasteiger partial charge in [-0.1, -0.05) is 51.1 Å². The molecule has 2 aromatic rings. The molecule has 0 aliphatic carbocycles. The zero-order valence-corrected chi connectivity index (χ0v) is 24.0. The summed E-state index contributed by atoms with van der Waals surface area (Å²) in [7, 11) is -3.43. The van der Waals surface area contributed by atoms with Crippen molar-refractivity contribution < 1.29 is 18.3 Å². The van der Waals surface area contributed by atoms with Crippen LogP contribution < -0.4 is 20.3 Å². The topological polar surface area (TPSA) is 111 Å². The molecule has 0 radical (unpaired) electrons. The first kappa shape index (κ1) is 29.9. The van der Waals surface area contributed by atoms with Crippen LogP contribution in [0.3, 0.4) is 0 Å². The average molecular weight is 545 g/mol. The minimum absolute atomic E-state index is 0.105. The van der Waals surface area contributed by atoms with Gasteiger partial charge in [0.2, 0.25) is 10.0 Å². The normalized spacial score (nSPS) is 17.0. The van der Waals surface area contributed by atoms with Gasteiger partial charge < -0.3 is 21.1 Å². The van der Waals surface area contributed by atoms with Crippen molar-refractivity contribution in [2.45, 2.75) is 65.5 Å². The molecule has 1 saturated heterocycles. The summed E-state index contributed by atoms with van der Waals surface area (Å²) < 4.78 is 26.9. The van der Waals surface area contributed by atoms with Crippen molar-refractivity contribution in [2.24, 2.45) is 5.41 Å². The highest BCUT2D eigenvalue weighted by Crippen LogP contribution is 2.28. The van der Waals surface area contributed by atoms with Gasteiger partial charge in [0.25, 0.3) is 5.91 Å². The first-order valence-corrected chi connectivity index (χ1v) is 15.2. The third kappa shape index (κ3) is 8.99. The van der Waals surface area contributed by atoms with E-state index in [9.17, 15) is 18.3 Å². The third-order valence-electron chi connectivity index (χ3n) is 6.68. The van der Waals surface area contributed by atoms with Crippen LogP contribution in [-0.2, 0) is 16.4 Å². The number of carbonyl (C=O) groups is 1. The Morgan fingerprint density at radius 2 is 1.84 bits per heavy atom. The van der Waals surface area contributed by atoms with Crippen LogP contribution >= 0.6 is 0 Å². The highest BCUT2D eigenvalue weighted by atomic mass is 32.2. The van der Waals surface area contributed by atoms with E-state index in [2.05, 4.69) is 36.7 Å². The van der Waals surface area contributed by atoms with Gasteiger partial charge in [0.05, 0.1) is 23.6 Å². The molecule has 3 rings (SSSR count). The Kier molecular flexibility index (Phi) is 10.6. The van der Waals surface area contributed by atoms with E-state index in [0.29, 0.717) is 49.4 Å². The van der Waals surface area contributed by atoms with Crippen LogP contribution in [0.25, 0.3) is 0 Å². The molecule has 1 fully saturated rings. The van der Waals surface area contributed by atoms with Crippen molar-refractivity contribution in [3.05, 3.63) is 59.7 Å². The molecule has 210 valence electrons. The van der Waals surface area contributed by atoms with Gasteiger partial charge >= 0.3 is 0 Å². The Bertz CT molecular complexity index is 1150. The second-order valence-electron chi connectivity index (χ2n) is 11.2. The molecule has 0 saturated carbocycles. The molecule has 9 heteroatoms. The number of nitrogens with zero attached hydrogens (tertiary/aromatic N) is 1. The lowest BCUT2D eigenvalue weighted by Crippen LogP contribution is -2.49. The molecule has 0 spiro atoms. The smallest absolute Gasteiger partial charge is 0.251 e. The van der Waals surface area contributed by atoms with Gasteiger partial charge in [0.1, 0.15) is 0 Å². The summed E-state index contributed by atoms with van der Waals surface area (Å²) in [5.74, 6) is -0.247. The lowest BCUT2D eigenvalue weighted by molar-refractivity contribution is 0.0829. The quantitative estimate of drug-likeness (QED) is 0.303. The third-order valence-corrected chi connectivity index (χ3v) is 8.55. The van der Waals surface area contributed by atoms with Crippen LogP contribution in [0.5, 0.6) is 0 Å². The van der Waals surface area contributed by atoms with E-state index in [1.54, 1.807) is 18.2 Å². The molecule has 2 atom stereocenters. The highest BCUT2D eigenvalue weighted by molar-refractivity contribution is 7.92. The van der Waals surface area contributed by atoms with Gasteiger partial charge in [-0.25, -0.2) is 8.42 Å².